The minimum absolute atomic E-state index is 0.297. The number of hydrogen-bond acceptors (Lipinski definition) is 4. The highest BCUT2D eigenvalue weighted by atomic mass is 32.2. The Morgan fingerprint density at radius 1 is 1.44 bits per heavy atom. The van der Waals surface area contributed by atoms with Gasteiger partial charge in [-0.05, 0) is 6.26 Å². The number of carboxylic acid groups (broad SMARTS) is 1. The molecule has 18 heavy (non-hydrogen) atoms. The second-order valence-corrected chi connectivity index (χ2v) is 5.66. The van der Waals surface area contributed by atoms with E-state index in [2.05, 4.69) is 10.6 Å². The normalized spacial score (nSPS) is 19.9. The number of carboxylic acids is 1. The van der Waals surface area contributed by atoms with Crippen LogP contribution in [0.3, 0.4) is 0 Å². The summed E-state index contributed by atoms with van der Waals surface area (Å²) in [5, 5.41) is 14.8. The number of amides is 2. The molecule has 2 amide bonds. The molecule has 1 aliphatic heterocycles. The number of carbonyl (C=O) groups excluding carboxylic acids is 1. The third-order valence-corrected chi connectivity index (χ3v) is 4.03. The summed E-state index contributed by atoms with van der Waals surface area (Å²) in [4.78, 5) is 23.0. The number of aliphatic carboxylic acids is 1. The van der Waals surface area contributed by atoms with Gasteiger partial charge in [0.15, 0.2) is 0 Å². The first-order valence-electron chi connectivity index (χ1n) is 5.90. The molecule has 0 saturated carbocycles. The molecule has 1 heterocycles. The Morgan fingerprint density at radius 2 is 2.06 bits per heavy atom. The molecule has 0 aliphatic carbocycles. The summed E-state index contributed by atoms with van der Waals surface area (Å²) in [5.41, 5.74) is -1.19. The van der Waals surface area contributed by atoms with Gasteiger partial charge in [-0.2, -0.15) is 11.8 Å². The summed E-state index contributed by atoms with van der Waals surface area (Å²) in [7, 11) is 0. The second-order valence-electron chi connectivity index (χ2n) is 4.38. The Kier molecular flexibility index (Phi) is 5.74. The molecule has 6 nitrogen and oxygen atoms in total. The largest absolute Gasteiger partial charge is 0.480 e. The van der Waals surface area contributed by atoms with E-state index in [1.54, 1.807) is 11.8 Å². The van der Waals surface area contributed by atoms with Crippen molar-refractivity contribution >= 4 is 23.8 Å². The first kappa shape index (κ1) is 15.1. The molecule has 1 aliphatic rings. The van der Waals surface area contributed by atoms with E-state index in [9.17, 15) is 14.7 Å². The molecule has 1 rings (SSSR count). The second kappa shape index (κ2) is 6.84. The molecular weight excluding hydrogens is 256 g/mol. The van der Waals surface area contributed by atoms with Crippen molar-refractivity contribution in [3.63, 3.8) is 0 Å². The molecule has 104 valence electrons. The van der Waals surface area contributed by atoms with Gasteiger partial charge >= 0.3 is 12.0 Å². The predicted molar refractivity (Wildman–Crippen MR) is 69.9 cm³/mol. The predicted octanol–water partition coefficient (Wildman–Crippen LogP) is 0.671. The van der Waals surface area contributed by atoms with Crippen molar-refractivity contribution in [3.05, 3.63) is 0 Å². The Labute approximate surface area is 111 Å². The van der Waals surface area contributed by atoms with E-state index >= 15 is 0 Å². The molecule has 1 saturated heterocycles. The van der Waals surface area contributed by atoms with Crippen LogP contribution < -0.4 is 10.6 Å². The van der Waals surface area contributed by atoms with Gasteiger partial charge in [-0.15, -0.1) is 0 Å². The number of urea groups is 1. The molecule has 0 bridgehead atoms. The molecule has 1 fully saturated rings. The molecule has 1 atom stereocenters. The van der Waals surface area contributed by atoms with Gasteiger partial charge in [-0.3, -0.25) is 0 Å². The minimum atomic E-state index is -1.19. The van der Waals surface area contributed by atoms with Crippen molar-refractivity contribution in [1.29, 1.82) is 0 Å². The van der Waals surface area contributed by atoms with Crippen molar-refractivity contribution in [2.75, 3.05) is 26.0 Å². The van der Waals surface area contributed by atoms with Gasteiger partial charge in [0.05, 0.1) is 0 Å². The highest BCUT2D eigenvalue weighted by Crippen LogP contribution is 2.20. The van der Waals surface area contributed by atoms with E-state index in [-0.39, 0.29) is 0 Å². The summed E-state index contributed by atoms with van der Waals surface area (Å²) >= 11 is 1.64. The van der Waals surface area contributed by atoms with Crippen LogP contribution >= 0.6 is 11.8 Å². The topological polar surface area (TPSA) is 87.7 Å². The number of rotatable bonds is 5. The van der Waals surface area contributed by atoms with Crippen LogP contribution in [-0.4, -0.2) is 53.9 Å². The summed E-state index contributed by atoms with van der Waals surface area (Å²) in [6, 6.07) is -0.430. The number of nitrogens with one attached hydrogen (secondary N) is 2. The molecule has 0 radical (unpaired) electrons. The molecular formula is C11H20N2O4S. The van der Waals surface area contributed by atoms with Gasteiger partial charge < -0.3 is 20.5 Å². The maximum absolute atomic E-state index is 11.7. The lowest BCUT2D eigenvalue weighted by molar-refractivity contribution is -0.148. The highest BCUT2D eigenvalue weighted by Gasteiger charge is 2.41. The van der Waals surface area contributed by atoms with Gasteiger partial charge in [0.1, 0.15) is 5.54 Å². The van der Waals surface area contributed by atoms with Gasteiger partial charge in [0.25, 0.3) is 0 Å². The fraction of sp³-hybridized carbons (Fsp3) is 0.818. The summed E-state index contributed by atoms with van der Waals surface area (Å²) < 4.78 is 5.13. The zero-order chi connectivity index (χ0) is 13.6. The molecule has 0 aromatic rings. The van der Waals surface area contributed by atoms with E-state index in [1.807, 2.05) is 13.2 Å². The lowest BCUT2D eigenvalue weighted by Crippen LogP contribution is -2.60. The average Bonchev–Trinajstić information content (AvgIpc) is 2.36. The van der Waals surface area contributed by atoms with E-state index in [1.165, 1.54) is 0 Å². The summed E-state index contributed by atoms with van der Waals surface area (Å²) in [6.07, 6.45) is 2.56. The lowest BCUT2D eigenvalue weighted by atomic mass is 9.90. The third-order valence-electron chi connectivity index (χ3n) is 3.06. The lowest BCUT2D eigenvalue weighted by Gasteiger charge is -2.33. The van der Waals surface area contributed by atoms with Crippen LogP contribution in [0.4, 0.5) is 4.79 Å². The van der Waals surface area contributed by atoms with Gasteiger partial charge in [0, 0.05) is 37.9 Å². The summed E-state index contributed by atoms with van der Waals surface area (Å²) in [5.74, 6) is -1.00. The van der Waals surface area contributed by atoms with Crippen LogP contribution in [0, 0.1) is 0 Å². The van der Waals surface area contributed by atoms with Crippen molar-refractivity contribution in [2.24, 2.45) is 0 Å². The van der Waals surface area contributed by atoms with Gasteiger partial charge in [-0.1, -0.05) is 6.92 Å². The van der Waals surface area contributed by atoms with Crippen LogP contribution in [0.25, 0.3) is 0 Å². The average molecular weight is 276 g/mol. The van der Waals surface area contributed by atoms with Crippen molar-refractivity contribution in [3.8, 4) is 0 Å². The van der Waals surface area contributed by atoms with Crippen molar-refractivity contribution in [1.82, 2.24) is 10.6 Å². The number of thioether (sulfide) groups is 1. The zero-order valence-electron chi connectivity index (χ0n) is 10.7. The fourth-order valence-corrected chi connectivity index (χ4v) is 1.94. The Morgan fingerprint density at radius 3 is 2.56 bits per heavy atom. The number of hydrogen-bond donors (Lipinski definition) is 3. The van der Waals surface area contributed by atoms with Crippen LogP contribution in [0.5, 0.6) is 0 Å². The van der Waals surface area contributed by atoms with Crippen molar-refractivity contribution in [2.45, 2.75) is 30.6 Å². The number of carbonyl (C=O) groups is 2. The zero-order valence-corrected chi connectivity index (χ0v) is 11.5. The van der Waals surface area contributed by atoms with Crippen LogP contribution in [0.1, 0.15) is 19.8 Å². The van der Waals surface area contributed by atoms with E-state index in [4.69, 9.17) is 4.74 Å². The SMILES string of the molecule is CSC(C)CNC(=O)NC1(C(=O)O)CCOCC1. The quantitative estimate of drug-likeness (QED) is 0.687. The number of ether oxygens (including phenoxy) is 1. The molecule has 0 aromatic heterocycles. The molecule has 1 unspecified atom stereocenters. The molecule has 3 N–H and O–H groups in total. The third kappa shape index (κ3) is 4.06. The maximum atomic E-state index is 11.7. The first-order chi connectivity index (χ1) is 8.50. The Balaban J connectivity index is 2.50. The smallest absolute Gasteiger partial charge is 0.329 e. The standard InChI is InChI=1S/C11H20N2O4S/c1-8(18-2)7-12-10(16)13-11(9(14)15)3-5-17-6-4-11/h8H,3-7H2,1-2H3,(H,14,15)(H2,12,13,16). The monoisotopic (exact) mass is 276 g/mol. The highest BCUT2D eigenvalue weighted by molar-refractivity contribution is 7.99. The van der Waals surface area contributed by atoms with E-state index < -0.39 is 17.5 Å². The van der Waals surface area contributed by atoms with Crippen LogP contribution in [0.15, 0.2) is 0 Å². The first-order valence-corrected chi connectivity index (χ1v) is 7.19. The molecule has 0 spiro atoms. The Bertz CT molecular complexity index is 305. The summed E-state index contributed by atoms with van der Waals surface area (Å²) in [6.45, 7) is 3.22. The fourth-order valence-electron chi connectivity index (χ4n) is 1.69. The Hall–Kier alpha value is -0.950. The maximum Gasteiger partial charge on any atom is 0.329 e. The van der Waals surface area contributed by atoms with Gasteiger partial charge in [0.2, 0.25) is 0 Å². The molecule has 7 heteroatoms. The minimum Gasteiger partial charge on any atom is -0.480 e. The van der Waals surface area contributed by atoms with Gasteiger partial charge in [-0.25, -0.2) is 9.59 Å². The van der Waals surface area contributed by atoms with Crippen LogP contribution in [0.2, 0.25) is 0 Å². The van der Waals surface area contributed by atoms with Crippen molar-refractivity contribution < 1.29 is 19.4 Å². The van der Waals surface area contributed by atoms with E-state index in [0.29, 0.717) is 37.9 Å². The molecule has 0 aromatic carbocycles. The van der Waals surface area contributed by atoms with Crippen LogP contribution in [-0.2, 0) is 9.53 Å². The van der Waals surface area contributed by atoms with E-state index in [0.717, 1.165) is 0 Å².